The molecule has 20 heavy (non-hydrogen) atoms. The van der Waals surface area contributed by atoms with Crippen LogP contribution < -0.4 is 10.6 Å². The molecule has 0 radical (unpaired) electrons. The van der Waals surface area contributed by atoms with Crippen LogP contribution >= 0.6 is 11.8 Å². The molecule has 1 aliphatic heterocycles. The Kier molecular flexibility index (Phi) is 3.64. The van der Waals surface area contributed by atoms with E-state index < -0.39 is 0 Å². The lowest BCUT2D eigenvalue weighted by molar-refractivity contribution is -0.113. The molecule has 0 bridgehead atoms. The molecule has 6 heteroatoms. The van der Waals surface area contributed by atoms with Crippen LogP contribution in [-0.4, -0.2) is 21.2 Å². The highest BCUT2D eigenvalue weighted by Crippen LogP contribution is 2.33. The van der Waals surface area contributed by atoms with Gasteiger partial charge in [0.15, 0.2) is 0 Å². The minimum absolute atomic E-state index is 0.0566. The van der Waals surface area contributed by atoms with Crippen molar-refractivity contribution in [3.8, 4) is 0 Å². The molecule has 5 nitrogen and oxygen atoms in total. The molecule has 0 unspecified atom stereocenters. The molecule has 0 spiro atoms. The van der Waals surface area contributed by atoms with Crippen LogP contribution in [0.25, 0.3) is 0 Å². The van der Waals surface area contributed by atoms with Gasteiger partial charge in [0.2, 0.25) is 5.91 Å². The number of carbonyl (C=O) groups excluding carboxylic acids is 1. The van der Waals surface area contributed by atoms with E-state index in [0.29, 0.717) is 12.3 Å². The maximum atomic E-state index is 11.4. The molecule has 0 fully saturated rings. The van der Waals surface area contributed by atoms with E-state index in [-0.39, 0.29) is 5.91 Å². The third-order valence-electron chi connectivity index (χ3n) is 3.21. The number of nitrogens with zero attached hydrogens (tertiary/aromatic N) is 2. The van der Waals surface area contributed by atoms with Crippen molar-refractivity contribution in [2.45, 2.75) is 24.9 Å². The van der Waals surface area contributed by atoms with Crippen LogP contribution in [0.4, 0.5) is 11.4 Å². The Morgan fingerprint density at radius 2 is 2.40 bits per heavy atom. The number of carbonyl (C=O) groups is 1. The number of thioether (sulfide) groups is 1. The summed E-state index contributed by atoms with van der Waals surface area (Å²) < 4.78 is 2.10. The van der Waals surface area contributed by atoms with E-state index in [4.69, 9.17) is 0 Å². The molecule has 1 aromatic carbocycles. The molecule has 1 aliphatic rings. The van der Waals surface area contributed by atoms with Gasteiger partial charge in [-0.1, -0.05) is 0 Å². The van der Waals surface area contributed by atoms with Gasteiger partial charge in [-0.15, -0.1) is 11.8 Å². The quantitative estimate of drug-likeness (QED) is 0.908. The normalized spacial score (nSPS) is 13.8. The van der Waals surface area contributed by atoms with Crippen LogP contribution in [0.5, 0.6) is 0 Å². The SMILES string of the molecule is CCn1ccnc1CNc1ccc2c(c1)NC(=O)CS2. The number of aryl methyl sites for hydroxylation is 1. The number of imidazole rings is 1. The third-order valence-corrected chi connectivity index (χ3v) is 4.28. The number of rotatable bonds is 4. The first-order valence-electron chi connectivity index (χ1n) is 6.57. The first-order valence-corrected chi connectivity index (χ1v) is 7.55. The first kappa shape index (κ1) is 13.1. The fourth-order valence-corrected chi connectivity index (χ4v) is 2.96. The number of benzene rings is 1. The zero-order valence-electron chi connectivity index (χ0n) is 11.2. The van der Waals surface area contributed by atoms with Crippen molar-refractivity contribution in [3.63, 3.8) is 0 Å². The summed E-state index contributed by atoms with van der Waals surface area (Å²) in [5, 5.41) is 6.24. The van der Waals surface area contributed by atoms with E-state index >= 15 is 0 Å². The van der Waals surface area contributed by atoms with Crippen molar-refractivity contribution in [3.05, 3.63) is 36.4 Å². The van der Waals surface area contributed by atoms with Crippen LogP contribution in [0.3, 0.4) is 0 Å². The Balaban J connectivity index is 1.72. The van der Waals surface area contributed by atoms with Gasteiger partial charge in [-0.25, -0.2) is 4.98 Å². The molecular weight excluding hydrogens is 272 g/mol. The Morgan fingerprint density at radius 3 is 3.25 bits per heavy atom. The molecule has 2 heterocycles. The summed E-state index contributed by atoms with van der Waals surface area (Å²) in [4.78, 5) is 16.8. The highest BCUT2D eigenvalue weighted by Gasteiger charge is 2.15. The van der Waals surface area contributed by atoms with E-state index in [0.717, 1.165) is 28.6 Å². The van der Waals surface area contributed by atoms with Crippen LogP contribution in [0, 0.1) is 0 Å². The Labute approximate surface area is 121 Å². The number of hydrogen-bond acceptors (Lipinski definition) is 4. The highest BCUT2D eigenvalue weighted by atomic mass is 32.2. The molecule has 2 aromatic rings. The molecule has 0 saturated carbocycles. The van der Waals surface area contributed by atoms with Crippen molar-refractivity contribution in [2.75, 3.05) is 16.4 Å². The molecule has 2 N–H and O–H groups in total. The summed E-state index contributed by atoms with van der Waals surface area (Å²) in [5.74, 6) is 1.55. The molecule has 0 atom stereocenters. The fraction of sp³-hybridized carbons (Fsp3) is 0.286. The highest BCUT2D eigenvalue weighted by molar-refractivity contribution is 8.00. The molecule has 0 saturated heterocycles. The van der Waals surface area contributed by atoms with Crippen LogP contribution in [-0.2, 0) is 17.9 Å². The van der Waals surface area contributed by atoms with E-state index in [9.17, 15) is 4.79 Å². The van der Waals surface area contributed by atoms with Crippen LogP contribution in [0.1, 0.15) is 12.7 Å². The number of hydrogen-bond donors (Lipinski definition) is 2. The standard InChI is InChI=1S/C14H16N4OS/c1-2-18-6-5-15-13(18)8-16-10-3-4-12-11(7-10)17-14(19)9-20-12/h3-7,16H,2,8-9H2,1H3,(H,17,19). The minimum Gasteiger partial charge on any atom is -0.378 e. The molecule has 1 amide bonds. The molecular formula is C14H16N4OS. The Hall–Kier alpha value is -1.95. The number of nitrogens with one attached hydrogen (secondary N) is 2. The van der Waals surface area contributed by atoms with Gasteiger partial charge in [0.25, 0.3) is 0 Å². The summed E-state index contributed by atoms with van der Waals surface area (Å²) in [6, 6.07) is 6.04. The average molecular weight is 288 g/mol. The zero-order valence-corrected chi connectivity index (χ0v) is 12.0. The van der Waals surface area contributed by atoms with Gasteiger partial charge >= 0.3 is 0 Å². The summed E-state index contributed by atoms with van der Waals surface area (Å²) in [6.45, 7) is 3.67. The number of anilines is 2. The van der Waals surface area contributed by atoms with Crippen LogP contribution in [0.15, 0.2) is 35.5 Å². The Morgan fingerprint density at radius 1 is 1.50 bits per heavy atom. The number of fused-ring (bicyclic) bond motifs is 1. The lowest BCUT2D eigenvalue weighted by Crippen LogP contribution is -2.18. The summed E-state index contributed by atoms with van der Waals surface area (Å²) in [7, 11) is 0. The predicted molar refractivity (Wildman–Crippen MR) is 81.0 cm³/mol. The van der Waals surface area contributed by atoms with Gasteiger partial charge < -0.3 is 15.2 Å². The molecule has 104 valence electrons. The van der Waals surface area contributed by atoms with Crippen molar-refractivity contribution in [2.24, 2.45) is 0 Å². The van der Waals surface area contributed by atoms with E-state index in [2.05, 4.69) is 27.1 Å². The van der Waals surface area contributed by atoms with Gasteiger partial charge in [0.05, 0.1) is 18.0 Å². The second-order valence-electron chi connectivity index (χ2n) is 4.53. The second kappa shape index (κ2) is 5.58. The van der Waals surface area contributed by atoms with E-state index in [1.165, 1.54) is 0 Å². The van der Waals surface area contributed by atoms with Gasteiger partial charge in [0.1, 0.15) is 5.82 Å². The smallest absolute Gasteiger partial charge is 0.234 e. The monoisotopic (exact) mass is 288 g/mol. The zero-order chi connectivity index (χ0) is 13.9. The molecule has 1 aromatic heterocycles. The first-order chi connectivity index (χ1) is 9.76. The van der Waals surface area contributed by atoms with Gasteiger partial charge in [-0.3, -0.25) is 4.79 Å². The Bertz CT molecular complexity index is 638. The topological polar surface area (TPSA) is 59.0 Å². The second-order valence-corrected chi connectivity index (χ2v) is 5.55. The maximum Gasteiger partial charge on any atom is 0.234 e. The largest absolute Gasteiger partial charge is 0.378 e. The average Bonchev–Trinajstić information content (AvgIpc) is 2.92. The van der Waals surface area contributed by atoms with Gasteiger partial charge in [-0.2, -0.15) is 0 Å². The van der Waals surface area contributed by atoms with Crippen LogP contribution in [0.2, 0.25) is 0 Å². The van der Waals surface area contributed by atoms with Crippen molar-refractivity contribution < 1.29 is 4.79 Å². The summed E-state index contributed by atoms with van der Waals surface area (Å²) >= 11 is 1.57. The van der Waals surface area contributed by atoms with Crippen molar-refractivity contribution in [1.82, 2.24) is 9.55 Å². The van der Waals surface area contributed by atoms with Crippen molar-refractivity contribution in [1.29, 1.82) is 0 Å². The number of amides is 1. The van der Waals surface area contributed by atoms with E-state index in [1.54, 1.807) is 11.8 Å². The predicted octanol–water partition coefficient (Wildman–Crippen LogP) is 2.56. The third kappa shape index (κ3) is 2.65. The summed E-state index contributed by atoms with van der Waals surface area (Å²) in [6.07, 6.45) is 3.78. The fourth-order valence-electron chi connectivity index (χ4n) is 2.17. The number of aromatic nitrogens is 2. The van der Waals surface area contributed by atoms with Gasteiger partial charge in [0, 0.05) is 29.5 Å². The van der Waals surface area contributed by atoms with Gasteiger partial charge in [-0.05, 0) is 25.1 Å². The molecule has 3 rings (SSSR count). The lowest BCUT2D eigenvalue weighted by Gasteiger charge is -2.17. The van der Waals surface area contributed by atoms with E-state index in [1.807, 2.05) is 30.6 Å². The maximum absolute atomic E-state index is 11.4. The summed E-state index contributed by atoms with van der Waals surface area (Å²) in [5.41, 5.74) is 1.87. The van der Waals surface area contributed by atoms with Crippen molar-refractivity contribution >= 4 is 29.0 Å². The minimum atomic E-state index is 0.0566. The lowest BCUT2D eigenvalue weighted by atomic mass is 10.2. The molecule has 0 aliphatic carbocycles.